The lowest BCUT2D eigenvalue weighted by Crippen LogP contribution is -2.06. The molecule has 1 unspecified atom stereocenters. The Morgan fingerprint density at radius 2 is 1.75 bits per heavy atom. The maximum absolute atomic E-state index is 11.5. The minimum atomic E-state index is -3.02. The van der Waals surface area contributed by atoms with E-state index >= 15 is 0 Å². The second-order valence-electron chi connectivity index (χ2n) is 2.14. The largest absolute Gasteiger partial charge is 0.347 e. The molecule has 1 atom stereocenters. The standard InChI is InChI=1S/C8H7F2O2/c9-8(10)12-7(11)6-4-2-1-3-5-6/h1-5,7-8H. The molecule has 0 N–H and O–H groups in total. The van der Waals surface area contributed by atoms with E-state index in [1.165, 1.54) is 12.1 Å². The SMILES string of the molecule is [O]C(OC(F)F)c1ccccc1. The van der Waals surface area contributed by atoms with Gasteiger partial charge in [-0.1, -0.05) is 30.3 Å². The molecule has 0 amide bonds. The molecule has 0 fully saturated rings. The molecule has 0 aromatic heterocycles. The highest BCUT2D eigenvalue weighted by Gasteiger charge is 2.14. The smallest absolute Gasteiger partial charge is 0.286 e. The molecule has 0 aliphatic rings. The highest BCUT2D eigenvalue weighted by Crippen LogP contribution is 2.16. The molecule has 65 valence electrons. The van der Waals surface area contributed by atoms with Gasteiger partial charge in [0.15, 0.2) is 0 Å². The molecule has 1 aromatic carbocycles. The molecule has 4 heteroatoms. The third-order valence-electron chi connectivity index (χ3n) is 1.30. The van der Waals surface area contributed by atoms with Crippen molar-refractivity contribution in [3.63, 3.8) is 0 Å². The number of rotatable bonds is 3. The zero-order chi connectivity index (χ0) is 8.97. The van der Waals surface area contributed by atoms with E-state index in [-0.39, 0.29) is 5.56 Å². The second kappa shape index (κ2) is 4.13. The van der Waals surface area contributed by atoms with E-state index in [1.54, 1.807) is 18.2 Å². The Bertz CT molecular complexity index is 226. The second-order valence-corrected chi connectivity index (χ2v) is 2.14. The molecular weight excluding hydrogens is 166 g/mol. The zero-order valence-electron chi connectivity index (χ0n) is 6.11. The molecule has 12 heavy (non-hydrogen) atoms. The van der Waals surface area contributed by atoms with Crippen molar-refractivity contribution in [1.29, 1.82) is 0 Å². The van der Waals surface area contributed by atoms with Gasteiger partial charge in [-0.15, -0.1) is 0 Å². The Labute approximate surface area is 68.4 Å². The third kappa shape index (κ3) is 2.56. The summed E-state index contributed by atoms with van der Waals surface area (Å²) in [4.78, 5) is 0. The van der Waals surface area contributed by atoms with Gasteiger partial charge in [0.1, 0.15) is 0 Å². The predicted octanol–water partition coefficient (Wildman–Crippen LogP) is 2.35. The van der Waals surface area contributed by atoms with Gasteiger partial charge in [-0.05, 0) is 0 Å². The highest BCUT2D eigenvalue weighted by atomic mass is 19.3. The minimum absolute atomic E-state index is 0.206. The monoisotopic (exact) mass is 173 g/mol. The van der Waals surface area contributed by atoms with Crippen LogP contribution in [0.1, 0.15) is 11.9 Å². The van der Waals surface area contributed by atoms with Crippen LogP contribution in [0, 0.1) is 0 Å². The third-order valence-corrected chi connectivity index (χ3v) is 1.30. The Hall–Kier alpha value is -1.00. The van der Waals surface area contributed by atoms with Crippen LogP contribution in [0.4, 0.5) is 8.78 Å². The van der Waals surface area contributed by atoms with E-state index < -0.39 is 12.9 Å². The van der Waals surface area contributed by atoms with E-state index in [1.807, 2.05) is 0 Å². The van der Waals surface area contributed by atoms with Crippen molar-refractivity contribution in [3.05, 3.63) is 35.9 Å². The quantitative estimate of drug-likeness (QED) is 0.645. The highest BCUT2D eigenvalue weighted by molar-refractivity contribution is 5.15. The van der Waals surface area contributed by atoms with Crippen LogP contribution in [0.25, 0.3) is 0 Å². The summed E-state index contributed by atoms with van der Waals surface area (Å²) in [6, 6.07) is 7.77. The fraction of sp³-hybridized carbons (Fsp3) is 0.250. The van der Waals surface area contributed by atoms with Gasteiger partial charge in [-0.25, -0.2) is 0 Å². The van der Waals surface area contributed by atoms with Crippen LogP contribution in [-0.4, -0.2) is 6.61 Å². The number of benzene rings is 1. The van der Waals surface area contributed by atoms with Crippen molar-refractivity contribution < 1.29 is 18.6 Å². The molecule has 0 saturated heterocycles. The molecule has 0 aliphatic heterocycles. The Morgan fingerprint density at radius 3 is 2.25 bits per heavy atom. The van der Waals surface area contributed by atoms with Crippen LogP contribution in [0.3, 0.4) is 0 Å². The zero-order valence-corrected chi connectivity index (χ0v) is 6.11. The van der Waals surface area contributed by atoms with Crippen molar-refractivity contribution in [2.75, 3.05) is 0 Å². The topological polar surface area (TPSA) is 29.1 Å². The fourth-order valence-corrected chi connectivity index (χ4v) is 0.782. The first-order valence-electron chi connectivity index (χ1n) is 3.34. The van der Waals surface area contributed by atoms with Gasteiger partial charge in [-0.2, -0.15) is 13.9 Å². The normalized spacial score (nSPS) is 13.3. The van der Waals surface area contributed by atoms with Crippen molar-refractivity contribution in [2.45, 2.75) is 12.9 Å². The van der Waals surface area contributed by atoms with Crippen molar-refractivity contribution in [3.8, 4) is 0 Å². The van der Waals surface area contributed by atoms with Crippen LogP contribution in [0.2, 0.25) is 0 Å². The minimum Gasteiger partial charge on any atom is -0.286 e. The van der Waals surface area contributed by atoms with Crippen molar-refractivity contribution in [2.24, 2.45) is 0 Å². The molecular formula is C8H7F2O2. The first-order chi connectivity index (χ1) is 5.70. The maximum atomic E-state index is 11.5. The summed E-state index contributed by atoms with van der Waals surface area (Å²) >= 11 is 0. The lowest BCUT2D eigenvalue weighted by atomic mass is 10.2. The summed E-state index contributed by atoms with van der Waals surface area (Å²) in [6.07, 6.45) is -1.80. The van der Waals surface area contributed by atoms with Gasteiger partial charge in [0, 0.05) is 5.56 Å². The number of halogens is 2. The van der Waals surface area contributed by atoms with Crippen LogP contribution in [0.15, 0.2) is 30.3 Å². The molecule has 0 bridgehead atoms. The molecule has 0 saturated carbocycles. The fourth-order valence-electron chi connectivity index (χ4n) is 0.782. The number of hydrogen-bond donors (Lipinski definition) is 0. The number of ether oxygens (including phenoxy) is 1. The predicted molar refractivity (Wildman–Crippen MR) is 37.0 cm³/mol. The molecule has 0 spiro atoms. The molecule has 1 aromatic rings. The molecule has 2 nitrogen and oxygen atoms in total. The summed E-state index contributed by atoms with van der Waals surface area (Å²) in [5.74, 6) is 0. The maximum Gasteiger partial charge on any atom is 0.347 e. The van der Waals surface area contributed by atoms with Gasteiger partial charge in [0.2, 0.25) is 6.29 Å². The van der Waals surface area contributed by atoms with Crippen LogP contribution in [-0.2, 0) is 9.84 Å². The first kappa shape index (κ1) is 9.09. The van der Waals surface area contributed by atoms with Gasteiger partial charge < -0.3 is 0 Å². The molecule has 1 radical (unpaired) electrons. The van der Waals surface area contributed by atoms with E-state index in [0.29, 0.717) is 0 Å². The van der Waals surface area contributed by atoms with Crippen LogP contribution >= 0.6 is 0 Å². The Morgan fingerprint density at radius 1 is 1.17 bits per heavy atom. The van der Waals surface area contributed by atoms with Gasteiger partial charge in [0.05, 0.1) is 0 Å². The molecule has 0 heterocycles. The van der Waals surface area contributed by atoms with E-state index in [4.69, 9.17) is 0 Å². The summed E-state index contributed by atoms with van der Waals surface area (Å²) in [5, 5.41) is 10.8. The number of hydrogen-bond acceptors (Lipinski definition) is 1. The van der Waals surface area contributed by atoms with Crippen molar-refractivity contribution in [1.82, 2.24) is 0 Å². The first-order valence-corrected chi connectivity index (χ1v) is 3.34. The summed E-state index contributed by atoms with van der Waals surface area (Å²) in [5.41, 5.74) is 0.206. The average molecular weight is 173 g/mol. The lowest BCUT2D eigenvalue weighted by molar-refractivity contribution is -0.252. The van der Waals surface area contributed by atoms with Gasteiger partial charge in [-0.3, -0.25) is 4.74 Å². The van der Waals surface area contributed by atoms with E-state index in [0.717, 1.165) is 0 Å². The average Bonchev–Trinajstić information content (AvgIpc) is 2.05. The van der Waals surface area contributed by atoms with Crippen LogP contribution in [0.5, 0.6) is 0 Å². The van der Waals surface area contributed by atoms with Gasteiger partial charge in [0.25, 0.3) is 0 Å². The number of alkyl halides is 2. The van der Waals surface area contributed by atoms with E-state index in [9.17, 15) is 13.9 Å². The summed E-state index contributed by atoms with van der Waals surface area (Å²) in [7, 11) is 0. The van der Waals surface area contributed by atoms with Crippen LogP contribution < -0.4 is 0 Å². The Kier molecular flexibility index (Phi) is 3.13. The summed E-state index contributed by atoms with van der Waals surface area (Å²) in [6.45, 7) is -3.02. The van der Waals surface area contributed by atoms with Crippen molar-refractivity contribution >= 4 is 0 Å². The summed E-state index contributed by atoms with van der Waals surface area (Å²) < 4.78 is 26.8. The van der Waals surface area contributed by atoms with E-state index in [2.05, 4.69) is 4.74 Å². The lowest BCUT2D eigenvalue weighted by Gasteiger charge is -2.07. The molecule has 1 rings (SSSR count). The molecule has 0 aliphatic carbocycles. The Balaban J connectivity index is 2.59. The van der Waals surface area contributed by atoms with Gasteiger partial charge >= 0.3 is 6.61 Å².